The fourth-order valence-corrected chi connectivity index (χ4v) is 3.45. The van der Waals surface area contributed by atoms with Crippen molar-refractivity contribution in [3.63, 3.8) is 0 Å². The number of methoxy groups -OCH3 is 2. The number of esters is 4. The Hall–Kier alpha value is -2.54. The third-order valence-corrected chi connectivity index (χ3v) is 5.79. The van der Waals surface area contributed by atoms with Crippen LogP contribution in [0.15, 0.2) is 12.2 Å². The molecule has 244 valence electrons. The molecule has 0 radical (unpaired) electrons. The summed E-state index contributed by atoms with van der Waals surface area (Å²) < 4.78 is 41.5. The standard InChI is InChI=1S/C30H52O12/c1-5-7-9-11-17-37-21-23-39-29(33)25(15-19-35-3)41-27(31)13-14-28(32)42-26(16-20-36-4)30(34)40-24-22-38-18-12-10-8-6-2/h13-14,25-26H,5-12,15-24H2,1-4H3/b14-13+. The second kappa shape index (κ2) is 28.6. The van der Waals surface area contributed by atoms with Crippen LogP contribution in [0.25, 0.3) is 0 Å². The molecule has 0 heterocycles. The Balaban J connectivity index is 4.65. The van der Waals surface area contributed by atoms with Gasteiger partial charge >= 0.3 is 23.9 Å². The van der Waals surface area contributed by atoms with Crippen LogP contribution in [-0.2, 0) is 57.1 Å². The van der Waals surface area contributed by atoms with E-state index in [4.69, 9.17) is 37.9 Å². The van der Waals surface area contributed by atoms with Crippen molar-refractivity contribution in [2.75, 3.05) is 67.1 Å². The molecule has 0 aliphatic rings. The maximum atomic E-state index is 12.4. The zero-order valence-corrected chi connectivity index (χ0v) is 25.9. The molecule has 0 rings (SSSR count). The molecule has 12 heteroatoms. The summed E-state index contributed by atoms with van der Waals surface area (Å²) in [6, 6.07) is 0. The van der Waals surface area contributed by atoms with E-state index in [1.165, 1.54) is 14.2 Å². The molecule has 12 nitrogen and oxygen atoms in total. The molecule has 0 aromatic rings. The van der Waals surface area contributed by atoms with Crippen molar-refractivity contribution in [1.82, 2.24) is 0 Å². The van der Waals surface area contributed by atoms with Gasteiger partial charge in [-0.25, -0.2) is 19.2 Å². The molecule has 0 saturated carbocycles. The highest BCUT2D eigenvalue weighted by molar-refractivity contribution is 5.93. The van der Waals surface area contributed by atoms with Gasteiger partial charge in [0.1, 0.15) is 13.2 Å². The minimum Gasteiger partial charge on any atom is -0.460 e. The van der Waals surface area contributed by atoms with Gasteiger partial charge < -0.3 is 37.9 Å². The van der Waals surface area contributed by atoms with Crippen LogP contribution in [-0.4, -0.2) is 103 Å². The number of hydrogen-bond acceptors (Lipinski definition) is 12. The quantitative estimate of drug-likeness (QED) is 0.0556. The average molecular weight is 605 g/mol. The lowest BCUT2D eigenvalue weighted by atomic mass is 10.2. The Morgan fingerprint density at radius 3 is 1.29 bits per heavy atom. The SMILES string of the molecule is CCCCCCOCCOC(=O)C(CCOC)OC(=O)/C=C/C(=O)OC(CCOC)C(=O)OCCOCCCCCC. The zero-order chi connectivity index (χ0) is 31.3. The predicted octanol–water partition coefficient (Wildman–Crippen LogP) is 3.72. The number of carbonyl (C=O) groups is 4. The van der Waals surface area contributed by atoms with Crippen molar-refractivity contribution < 1.29 is 57.1 Å². The molecule has 0 spiro atoms. The van der Waals surface area contributed by atoms with Crippen LogP contribution in [0, 0.1) is 0 Å². The average Bonchev–Trinajstić information content (AvgIpc) is 2.98. The van der Waals surface area contributed by atoms with E-state index in [2.05, 4.69) is 13.8 Å². The number of unbranched alkanes of at least 4 members (excludes halogenated alkanes) is 6. The Kier molecular flexibility index (Phi) is 26.8. The smallest absolute Gasteiger partial charge is 0.347 e. The van der Waals surface area contributed by atoms with Crippen LogP contribution in [0.2, 0.25) is 0 Å². The minimum absolute atomic E-state index is 0.0137. The van der Waals surface area contributed by atoms with Crippen molar-refractivity contribution in [3.8, 4) is 0 Å². The van der Waals surface area contributed by atoms with E-state index in [0.29, 0.717) is 13.2 Å². The second-order valence-corrected chi connectivity index (χ2v) is 9.43. The molecular weight excluding hydrogens is 552 g/mol. The van der Waals surface area contributed by atoms with Crippen LogP contribution >= 0.6 is 0 Å². The summed E-state index contributed by atoms with van der Waals surface area (Å²) in [7, 11) is 2.89. The molecular formula is C30H52O12. The van der Waals surface area contributed by atoms with Crippen molar-refractivity contribution in [1.29, 1.82) is 0 Å². The minimum atomic E-state index is -1.24. The molecule has 0 aromatic heterocycles. The maximum Gasteiger partial charge on any atom is 0.347 e. The number of rotatable bonds is 28. The zero-order valence-electron chi connectivity index (χ0n) is 25.9. The number of carbonyl (C=O) groups excluding carboxylic acids is 4. The first-order valence-electron chi connectivity index (χ1n) is 14.9. The fraction of sp³-hybridized carbons (Fsp3) is 0.800. The van der Waals surface area contributed by atoms with E-state index < -0.39 is 36.1 Å². The Labute approximate surface area is 250 Å². The summed E-state index contributed by atoms with van der Waals surface area (Å²) in [6.45, 7) is 6.18. The summed E-state index contributed by atoms with van der Waals surface area (Å²) in [6.07, 6.45) is 7.86. The predicted molar refractivity (Wildman–Crippen MR) is 154 cm³/mol. The maximum absolute atomic E-state index is 12.4. The molecule has 2 unspecified atom stereocenters. The van der Waals surface area contributed by atoms with Gasteiger partial charge in [-0.2, -0.15) is 0 Å². The van der Waals surface area contributed by atoms with Gasteiger partial charge in [0.25, 0.3) is 0 Å². The lowest BCUT2D eigenvalue weighted by Gasteiger charge is -2.16. The van der Waals surface area contributed by atoms with Crippen molar-refractivity contribution in [3.05, 3.63) is 12.2 Å². The van der Waals surface area contributed by atoms with Gasteiger partial charge in [0.05, 0.1) is 26.4 Å². The van der Waals surface area contributed by atoms with E-state index >= 15 is 0 Å². The van der Waals surface area contributed by atoms with Crippen molar-refractivity contribution >= 4 is 23.9 Å². The first-order chi connectivity index (χ1) is 20.4. The third-order valence-electron chi connectivity index (χ3n) is 5.79. The van der Waals surface area contributed by atoms with E-state index in [9.17, 15) is 19.2 Å². The van der Waals surface area contributed by atoms with Crippen LogP contribution in [0.1, 0.15) is 78.1 Å². The number of ether oxygens (including phenoxy) is 8. The second-order valence-electron chi connectivity index (χ2n) is 9.43. The lowest BCUT2D eigenvalue weighted by molar-refractivity contribution is -0.168. The molecule has 0 N–H and O–H groups in total. The van der Waals surface area contributed by atoms with Crippen LogP contribution in [0.3, 0.4) is 0 Å². The Bertz CT molecular complexity index is 680. The van der Waals surface area contributed by atoms with E-state index in [1.807, 2.05) is 0 Å². The van der Waals surface area contributed by atoms with Crippen LogP contribution in [0.5, 0.6) is 0 Å². The van der Waals surface area contributed by atoms with Crippen LogP contribution < -0.4 is 0 Å². The first-order valence-corrected chi connectivity index (χ1v) is 14.9. The Morgan fingerprint density at radius 2 is 0.929 bits per heavy atom. The lowest BCUT2D eigenvalue weighted by Crippen LogP contribution is -2.31. The fourth-order valence-electron chi connectivity index (χ4n) is 3.45. The van der Waals surface area contributed by atoms with Gasteiger partial charge in [0, 0.05) is 52.4 Å². The van der Waals surface area contributed by atoms with Gasteiger partial charge in [0.15, 0.2) is 0 Å². The Morgan fingerprint density at radius 1 is 0.524 bits per heavy atom. The molecule has 0 aliphatic carbocycles. The van der Waals surface area contributed by atoms with Crippen molar-refractivity contribution in [2.24, 2.45) is 0 Å². The summed E-state index contributed by atoms with van der Waals surface area (Å²) in [5, 5.41) is 0. The molecule has 0 aromatic carbocycles. The van der Waals surface area contributed by atoms with Crippen LogP contribution in [0.4, 0.5) is 0 Å². The van der Waals surface area contributed by atoms with E-state index in [-0.39, 0.29) is 52.5 Å². The molecule has 0 bridgehead atoms. The molecule has 0 aliphatic heterocycles. The molecule has 2 atom stereocenters. The first kappa shape index (κ1) is 39.5. The number of hydrogen-bond donors (Lipinski definition) is 0. The highest BCUT2D eigenvalue weighted by atomic mass is 16.6. The monoisotopic (exact) mass is 604 g/mol. The topological polar surface area (TPSA) is 142 Å². The molecule has 0 amide bonds. The molecule has 42 heavy (non-hydrogen) atoms. The van der Waals surface area contributed by atoms with E-state index in [1.54, 1.807) is 0 Å². The summed E-state index contributed by atoms with van der Waals surface area (Å²) in [4.78, 5) is 49.4. The normalized spacial score (nSPS) is 12.6. The van der Waals surface area contributed by atoms with Gasteiger partial charge in [-0.3, -0.25) is 0 Å². The van der Waals surface area contributed by atoms with E-state index in [0.717, 1.165) is 63.5 Å². The van der Waals surface area contributed by atoms with Gasteiger partial charge in [-0.15, -0.1) is 0 Å². The van der Waals surface area contributed by atoms with Gasteiger partial charge in [-0.05, 0) is 12.8 Å². The molecule has 0 saturated heterocycles. The van der Waals surface area contributed by atoms with Gasteiger partial charge in [0.2, 0.25) is 12.2 Å². The highest BCUT2D eigenvalue weighted by Crippen LogP contribution is 2.07. The summed E-state index contributed by atoms with van der Waals surface area (Å²) in [5.74, 6) is -3.44. The summed E-state index contributed by atoms with van der Waals surface area (Å²) >= 11 is 0. The third kappa shape index (κ3) is 23.1. The molecule has 0 fully saturated rings. The highest BCUT2D eigenvalue weighted by Gasteiger charge is 2.25. The summed E-state index contributed by atoms with van der Waals surface area (Å²) in [5.41, 5.74) is 0. The van der Waals surface area contributed by atoms with Crippen molar-refractivity contribution in [2.45, 2.75) is 90.3 Å². The van der Waals surface area contributed by atoms with Gasteiger partial charge in [-0.1, -0.05) is 52.4 Å². The largest absolute Gasteiger partial charge is 0.460 e.